The summed E-state index contributed by atoms with van der Waals surface area (Å²) in [6.07, 6.45) is 0. The second-order valence-corrected chi connectivity index (χ2v) is 15.3. The monoisotopic (exact) mass is 778 g/mol. The summed E-state index contributed by atoms with van der Waals surface area (Å²) >= 11 is -0.752. The first-order valence-electron chi connectivity index (χ1n) is 13.1. The van der Waals surface area contributed by atoms with Crippen LogP contribution in [0.1, 0.15) is 11.1 Å². The van der Waals surface area contributed by atoms with Gasteiger partial charge in [0.1, 0.15) is 0 Å². The number of methoxy groups -OCH3 is 2. The molecular weight excluding hydrogens is 748 g/mol. The molecule has 0 aliphatic heterocycles. The summed E-state index contributed by atoms with van der Waals surface area (Å²) in [6, 6.07) is 45.4. The van der Waals surface area contributed by atoms with E-state index in [0.29, 0.717) is 11.1 Å². The summed E-state index contributed by atoms with van der Waals surface area (Å²) < 4.78 is 16.1. The minimum atomic E-state index is -0.376. The SMILES string of the molecule is COc1ccc(-c2ccc(-c3ccc(C#N)cc3)[te]2)cc1.COc1ccc(-c2ccc(-c3ccc(C#N)cc3)[te]2)cc1. The molecule has 0 radical (unpaired) electrons. The first-order valence-corrected chi connectivity index (χ1v) is 17.8. The third-order valence-corrected chi connectivity index (χ3v) is 13.3. The summed E-state index contributed by atoms with van der Waals surface area (Å²) in [5, 5.41) is 17.7. The first-order chi connectivity index (χ1) is 20.6. The quantitative estimate of drug-likeness (QED) is 0.162. The number of ether oxygens (including phenoxy) is 2. The van der Waals surface area contributed by atoms with Crippen LogP contribution >= 0.6 is 0 Å². The van der Waals surface area contributed by atoms with Gasteiger partial charge in [0.25, 0.3) is 0 Å². The van der Waals surface area contributed by atoms with E-state index in [2.05, 4.69) is 60.7 Å². The molecule has 0 saturated carbocycles. The molecule has 6 heteroatoms. The summed E-state index contributed by atoms with van der Waals surface area (Å²) in [6.45, 7) is 0. The average Bonchev–Trinajstić information content (AvgIpc) is 3.77. The van der Waals surface area contributed by atoms with Gasteiger partial charge in [-0.25, -0.2) is 0 Å². The van der Waals surface area contributed by atoms with E-state index in [-0.39, 0.29) is 40.9 Å². The molecule has 42 heavy (non-hydrogen) atoms. The molecule has 2 aromatic heterocycles. The zero-order chi connectivity index (χ0) is 29.3. The Morgan fingerprint density at radius 3 is 0.905 bits per heavy atom. The number of benzene rings is 4. The van der Waals surface area contributed by atoms with Gasteiger partial charge in [-0.2, -0.15) is 0 Å². The van der Waals surface area contributed by atoms with E-state index >= 15 is 0 Å². The van der Waals surface area contributed by atoms with Crippen molar-refractivity contribution in [2.45, 2.75) is 0 Å². The maximum atomic E-state index is 8.85. The van der Waals surface area contributed by atoms with Crippen LogP contribution in [-0.2, 0) is 0 Å². The fourth-order valence-electron chi connectivity index (χ4n) is 4.22. The molecule has 0 N–H and O–H groups in total. The van der Waals surface area contributed by atoms with Crippen molar-refractivity contribution < 1.29 is 9.47 Å². The second-order valence-electron chi connectivity index (χ2n) is 9.16. The zero-order valence-corrected chi connectivity index (χ0v) is 27.7. The van der Waals surface area contributed by atoms with Crippen LogP contribution in [-0.4, -0.2) is 55.1 Å². The topological polar surface area (TPSA) is 66.0 Å². The predicted molar refractivity (Wildman–Crippen MR) is 171 cm³/mol. The minimum absolute atomic E-state index is 0.376. The van der Waals surface area contributed by atoms with Crippen LogP contribution in [0.15, 0.2) is 121 Å². The van der Waals surface area contributed by atoms with E-state index in [4.69, 9.17) is 20.0 Å². The molecule has 0 atom stereocenters. The Morgan fingerprint density at radius 1 is 0.405 bits per heavy atom. The molecule has 0 unspecified atom stereocenters. The third-order valence-electron chi connectivity index (χ3n) is 6.56. The number of rotatable bonds is 6. The van der Waals surface area contributed by atoms with E-state index in [0.717, 1.165) is 11.5 Å². The molecule has 0 bridgehead atoms. The maximum absolute atomic E-state index is 8.85. The molecule has 0 amide bonds. The Labute approximate surface area is 265 Å². The standard InChI is InChI=1S/2C18H13NOTe/c2*1-20-16-8-6-15(7-9-16)18-11-10-17(21-18)14-4-2-13(12-19)3-5-14/h2*2-11H,1H3. The van der Waals surface area contributed by atoms with Crippen molar-refractivity contribution in [1.29, 1.82) is 10.5 Å². The predicted octanol–water partition coefficient (Wildman–Crippen LogP) is 7.92. The summed E-state index contributed by atoms with van der Waals surface area (Å²) in [5.74, 6) is 1.77. The van der Waals surface area contributed by atoms with Crippen molar-refractivity contribution in [2.24, 2.45) is 0 Å². The normalized spacial score (nSPS) is 10.1. The molecule has 6 aromatic rings. The molecule has 2 heterocycles. The van der Waals surface area contributed by atoms with Gasteiger partial charge in [0, 0.05) is 0 Å². The summed E-state index contributed by atoms with van der Waals surface area (Å²) in [7, 11) is 3.37. The van der Waals surface area contributed by atoms with Crippen molar-refractivity contribution in [3.05, 3.63) is 132 Å². The second kappa shape index (κ2) is 14.3. The molecule has 0 fully saturated rings. The van der Waals surface area contributed by atoms with Gasteiger partial charge in [0.2, 0.25) is 0 Å². The van der Waals surface area contributed by atoms with Gasteiger partial charge in [0.15, 0.2) is 0 Å². The van der Waals surface area contributed by atoms with E-state index in [9.17, 15) is 0 Å². The number of nitriles is 2. The molecule has 4 aromatic carbocycles. The number of hydrogen-bond donors (Lipinski definition) is 0. The fraction of sp³-hybridized carbons (Fsp3) is 0.0556. The molecule has 4 nitrogen and oxygen atoms in total. The van der Waals surface area contributed by atoms with E-state index < -0.39 is 0 Å². The molecular formula is C36H26N2O2Te2. The number of hydrogen-bond acceptors (Lipinski definition) is 4. The van der Waals surface area contributed by atoms with Crippen LogP contribution in [0.3, 0.4) is 0 Å². The van der Waals surface area contributed by atoms with E-state index in [1.54, 1.807) is 14.2 Å². The van der Waals surface area contributed by atoms with Crippen LogP contribution < -0.4 is 9.47 Å². The Morgan fingerprint density at radius 2 is 0.667 bits per heavy atom. The Bertz CT molecular complexity index is 1700. The Balaban J connectivity index is 0.000000168. The number of nitrogens with zero attached hydrogens (tertiary/aromatic N) is 2. The summed E-state index contributed by atoms with van der Waals surface area (Å²) in [5.41, 5.74) is 6.44. The van der Waals surface area contributed by atoms with Crippen LogP contribution in [0.5, 0.6) is 11.5 Å². The zero-order valence-electron chi connectivity index (χ0n) is 23.1. The third kappa shape index (κ3) is 7.25. The van der Waals surface area contributed by atoms with Crippen molar-refractivity contribution in [3.63, 3.8) is 0 Å². The van der Waals surface area contributed by atoms with Gasteiger partial charge in [0.05, 0.1) is 0 Å². The molecule has 0 aliphatic rings. The van der Waals surface area contributed by atoms with Crippen LogP contribution in [0, 0.1) is 22.7 Å². The van der Waals surface area contributed by atoms with Gasteiger partial charge in [-0.15, -0.1) is 0 Å². The first kappa shape index (κ1) is 29.5. The molecule has 0 spiro atoms. The molecule has 0 saturated heterocycles. The fourth-order valence-corrected chi connectivity index (χ4v) is 10.0. The molecule has 204 valence electrons. The molecule has 0 aliphatic carbocycles. The average molecular weight is 774 g/mol. The Hall–Kier alpha value is -4.00. The van der Waals surface area contributed by atoms with Crippen LogP contribution in [0.25, 0.3) is 36.6 Å². The molecule has 6 rings (SSSR count). The Kier molecular flexibility index (Phi) is 10.0. The van der Waals surface area contributed by atoms with Crippen molar-refractivity contribution >= 4 is 40.9 Å². The van der Waals surface area contributed by atoms with Gasteiger partial charge in [-0.3, -0.25) is 0 Å². The van der Waals surface area contributed by atoms with Crippen molar-refractivity contribution in [2.75, 3.05) is 14.2 Å². The van der Waals surface area contributed by atoms with Gasteiger partial charge >= 0.3 is 268 Å². The van der Waals surface area contributed by atoms with Gasteiger partial charge in [-0.1, -0.05) is 0 Å². The van der Waals surface area contributed by atoms with Crippen LogP contribution in [0.4, 0.5) is 0 Å². The van der Waals surface area contributed by atoms with Crippen molar-refractivity contribution in [3.8, 4) is 60.2 Å². The summed E-state index contributed by atoms with van der Waals surface area (Å²) in [4.78, 5) is 0. The van der Waals surface area contributed by atoms with E-state index in [1.807, 2.05) is 72.8 Å². The van der Waals surface area contributed by atoms with Gasteiger partial charge < -0.3 is 0 Å². The van der Waals surface area contributed by atoms with E-state index in [1.165, 1.54) is 36.6 Å². The van der Waals surface area contributed by atoms with Crippen molar-refractivity contribution in [1.82, 2.24) is 0 Å². The van der Waals surface area contributed by atoms with Gasteiger partial charge in [-0.05, 0) is 0 Å². The van der Waals surface area contributed by atoms with Crippen LogP contribution in [0.2, 0.25) is 0 Å².